The standard InChI is InChI=1S/C22H39NO7/c1-19(2,3)29-17(26)23(18(27)30-20(4,5)6)21(7,8)14-15-28-22(9,10)13-11-12-16(24)25/h11-12H,13-15H2,1-10H3,(H,24,25)/b12-11+. The average molecular weight is 430 g/mol. The number of nitrogens with zero attached hydrogens (tertiary/aromatic N) is 1. The normalized spacial score (nSPS) is 13.3. The van der Waals surface area contributed by atoms with Crippen LogP contribution < -0.4 is 0 Å². The number of amides is 2. The Morgan fingerprint density at radius 3 is 1.63 bits per heavy atom. The molecule has 0 aliphatic carbocycles. The van der Waals surface area contributed by atoms with Crippen LogP contribution in [0, 0.1) is 0 Å². The van der Waals surface area contributed by atoms with Crippen LogP contribution in [0.25, 0.3) is 0 Å². The molecule has 0 fully saturated rings. The Balaban J connectivity index is 5.34. The van der Waals surface area contributed by atoms with Crippen molar-refractivity contribution in [2.75, 3.05) is 6.61 Å². The highest BCUT2D eigenvalue weighted by atomic mass is 16.6. The lowest BCUT2D eigenvalue weighted by Gasteiger charge is -2.38. The molecule has 1 N–H and O–H groups in total. The van der Waals surface area contributed by atoms with Crippen LogP contribution in [0.4, 0.5) is 9.59 Å². The van der Waals surface area contributed by atoms with Gasteiger partial charge >= 0.3 is 18.2 Å². The minimum Gasteiger partial charge on any atom is -0.478 e. The van der Waals surface area contributed by atoms with Gasteiger partial charge < -0.3 is 19.3 Å². The number of hydrogen-bond acceptors (Lipinski definition) is 6. The number of carboxylic acids is 1. The van der Waals surface area contributed by atoms with Gasteiger partial charge in [0.1, 0.15) is 11.2 Å². The molecule has 0 aromatic rings. The van der Waals surface area contributed by atoms with E-state index in [0.29, 0.717) is 12.8 Å². The molecule has 0 aliphatic rings. The van der Waals surface area contributed by atoms with Crippen LogP contribution in [-0.4, -0.2) is 57.1 Å². The number of carbonyl (C=O) groups excluding carboxylic acids is 2. The van der Waals surface area contributed by atoms with Gasteiger partial charge in [-0.25, -0.2) is 19.3 Å². The average Bonchev–Trinajstić information content (AvgIpc) is 2.41. The third-order valence-electron chi connectivity index (χ3n) is 3.83. The smallest absolute Gasteiger partial charge is 0.420 e. The van der Waals surface area contributed by atoms with Crippen LogP contribution in [0.5, 0.6) is 0 Å². The van der Waals surface area contributed by atoms with Gasteiger partial charge in [-0.3, -0.25) is 0 Å². The molecule has 0 aromatic carbocycles. The molecule has 0 bridgehead atoms. The van der Waals surface area contributed by atoms with Gasteiger partial charge in [0.15, 0.2) is 0 Å². The fourth-order valence-electron chi connectivity index (χ4n) is 2.38. The Labute approximate surface area is 180 Å². The van der Waals surface area contributed by atoms with Gasteiger partial charge in [0.2, 0.25) is 0 Å². The van der Waals surface area contributed by atoms with Gasteiger partial charge in [-0.15, -0.1) is 0 Å². The van der Waals surface area contributed by atoms with Crippen molar-refractivity contribution in [3.8, 4) is 0 Å². The first-order chi connectivity index (χ1) is 13.3. The summed E-state index contributed by atoms with van der Waals surface area (Å²) in [4.78, 5) is 37.2. The van der Waals surface area contributed by atoms with Crippen molar-refractivity contribution in [3.05, 3.63) is 12.2 Å². The molecule has 0 aliphatic heterocycles. The third kappa shape index (κ3) is 11.8. The lowest BCUT2D eigenvalue weighted by Crippen LogP contribution is -2.54. The molecular weight excluding hydrogens is 390 g/mol. The highest BCUT2D eigenvalue weighted by Crippen LogP contribution is 2.26. The fraction of sp³-hybridized carbons (Fsp3) is 0.773. The van der Waals surface area contributed by atoms with Gasteiger partial charge in [-0.2, -0.15) is 0 Å². The highest BCUT2D eigenvalue weighted by Gasteiger charge is 2.41. The van der Waals surface area contributed by atoms with Crippen LogP contribution >= 0.6 is 0 Å². The number of imide groups is 1. The summed E-state index contributed by atoms with van der Waals surface area (Å²) in [5, 5.41) is 8.70. The summed E-state index contributed by atoms with van der Waals surface area (Å²) in [5.41, 5.74) is -3.10. The fourth-order valence-corrected chi connectivity index (χ4v) is 2.38. The summed E-state index contributed by atoms with van der Waals surface area (Å²) in [6.45, 7) is 17.7. The van der Waals surface area contributed by atoms with E-state index in [-0.39, 0.29) is 6.61 Å². The molecule has 8 nitrogen and oxygen atoms in total. The van der Waals surface area contributed by atoms with Gasteiger partial charge in [-0.1, -0.05) is 6.08 Å². The second kappa shape index (κ2) is 10.3. The topological polar surface area (TPSA) is 102 Å². The number of aliphatic carboxylic acids is 1. The third-order valence-corrected chi connectivity index (χ3v) is 3.83. The zero-order valence-corrected chi connectivity index (χ0v) is 20.1. The first kappa shape index (κ1) is 27.9. The summed E-state index contributed by atoms with van der Waals surface area (Å²) in [7, 11) is 0. The molecule has 0 heterocycles. The van der Waals surface area contributed by atoms with Crippen molar-refractivity contribution in [1.82, 2.24) is 4.90 Å². The van der Waals surface area contributed by atoms with Crippen LogP contribution in [0.1, 0.15) is 82.1 Å². The minimum absolute atomic E-state index is 0.239. The van der Waals surface area contributed by atoms with E-state index in [2.05, 4.69) is 0 Å². The Morgan fingerprint density at radius 1 is 0.833 bits per heavy atom. The van der Waals surface area contributed by atoms with Gasteiger partial charge in [0.05, 0.1) is 11.1 Å². The number of carboxylic acid groups (broad SMARTS) is 1. The van der Waals surface area contributed by atoms with E-state index in [0.717, 1.165) is 11.0 Å². The maximum absolute atomic E-state index is 12.8. The molecule has 174 valence electrons. The van der Waals surface area contributed by atoms with Crippen molar-refractivity contribution in [2.24, 2.45) is 0 Å². The lowest BCUT2D eigenvalue weighted by atomic mass is 9.98. The Morgan fingerprint density at radius 2 is 1.27 bits per heavy atom. The van der Waals surface area contributed by atoms with Crippen molar-refractivity contribution >= 4 is 18.2 Å². The first-order valence-corrected chi connectivity index (χ1v) is 10.1. The van der Waals surface area contributed by atoms with Crippen LogP contribution in [0.2, 0.25) is 0 Å². The predicted molar refractivity (Wildman–Crippen MR) is 114 cm³/mol. The SMILES string of the molecule is CC(C)(C)OC(=O)N(C(=O)OC(C)(C)C)C(C)(C)CCOC(C)(C)C/C=C/C(=O)O. The van der Waals surface area contributed by atoms with Crippen LogP contribution in [0.15, 0.2) is 12.2 Å². The number of rotatable bonds is 8. The summed E-state index contributed by atoms with van der Waals surface area (Å²) in [6.07, 6.45) is 1.76. The summed E-state index contributed by atoms with van der Waals surface area (Å²) < 4.78 is 16.7. The van der Waals surface area contributed by atoms with Crippen molar-refractivity contribution in [3.63, 3.8) is 0 Å². The molecule has 0 spiro atoms. The molecule has 0 aromatic heterocycles. The first-order valence-electron chi connectivity index (χ1n) is 10.1. The van der Waals surface area contributed by atoms with E-state index >= 15 is 0 Å². The monoisotopic (exact) mass is 429 g/mol. The Hall–Kier alpha value is -2.09. The highest BCUT2D eigenvalue weighted by molar-refractivity contribution is 5.89. The number of ether oxygens (including phenoxy) is 3. The molecule has 8 heteroatoms. The summed E-state index contributed by atoms with van der Waals surface area (Å²) >= 11 is 0. The number of carbonyl (C=O) groups is 3. The molecule has 0 saturated heterocycles. The van der Waals surface area contributed by atoms with Crippen molar-refractivity contribution in [2.45, 2.75) is 104 Å². The zero-order valence-electron chi connectivity index (χ0n) is 20.1. The quantitative estimate of drug-likeness (QED) is 0.532. The second-order valence-electron chi connectivity index (χ2n) is 10.4. The van der Waals surface area contributed by atoms with Crippen LogP contribution in [-0.2, 0) is 19.0 Å². The molecule has 2 amide bonds. The maximum Gasteiger partial charge on any atom is 0.420 e. The Kier molecular flexibility index (Phi) is 9.57. The molecule has 0 saturated carbocycles. The molecule has 30 heavy (non-hydrogen) atoms. The summed E-state index contributed by atoms with van der Waals surface area (Å²) in [6, 6.07) is 0. The molecule has 0 rings (SSSR count). The van der Waals surface area contributed by atoms with Gasteiger partial charge in [0.25, 0.3) is 0 Å². The molecule has 0 unspecified atom stereocenters. The van der Waals surface area contributed by atoms with Gasteiger partial charge in [0, 0.05) is 12.7 Å². The predicted octanol–water partition coefficient (Wildman–Crippen LogP) is 5.15. The van der Waals surface area contributed by atoms with E-state index in [9.17, 15) is 14.4 Å². The van der Waals surface area contributed by atoms with Crippen molar-refractivity contribution in [1.29, 1.82) is 0 Å². The summed E-state index contributed by atoms with van der Waals surface area (Å²) in [5.74, 6) is -1.02. The zero-order chi connectivity index (χ0) is 24.0. The lowest BCUT2D eigenvalue weighted by molar-refractivity contribution is -0.131. The van der Waals surface area contributed by atoms with E-state index in [1.807, 2.05) is 13.8 Å². The number of hydrogen-bond donors (Lipinski definition) is 1. The molecule has 0 radical (unpaired) electrons. The van der Waals surface area contributed by atoms with E-state index in [4.69, 9.17) is 19.3 Å². The molecule has 0 atom stereocenters. The van der Waals surface area contributed by atoms with Gasteiger partial charge in [-0.05, 0) is 82.1 Å². The maximum atomic E-state index is 12.8. The van der Waals surface area contributed by atoms with E-state index in [1.54, 1.807) is 55.4 Å². The van der Waals surface area contributed by atoms with Crippen molar-refractivity contribution < 1.29 is 33.7 Å². The largest absolute Gasteiger partial charge is 0.478 e. The Bertz CT molecular complexity index is 609. The van der Waals surface area contributed by atoms with E-state index in [1.165, 1.54) is 6.08 Å². The van der Waals surface area contributed by atoms with E-state index < -0.39 is 40.5 Å². The second-order valence-corrected chi connectivity index (χ2v) is 10.4. The molecular formula is C22H39NO7. The van der Waals surface area contributed by atoms with Crippen LogP contribution in [0.3, 0.4) is 0 Å². The minimum atomic E-state index is -1.02.